The number of pyridine rings is 1. The Morgan fingerprint density at radius 2 is 2.09 bits per heavy atom. The van der Waals surface area contributed by atoms with Crippen LogP contribution in [0, 0.1) is 6.92 Å². The Hall–Kier alpha value is -2.36. The number of benzene rings is 1. The first kappa shape index (κ1) is 16.0. The van der Waals surface area contributed by atoms with Crippen LogP contribution in [0.2, 0.25) is 0 Å². The molecule has 4 nitrogen and oxygen atoms in total. The molecule has 0 aliphatic rings. The van der Waals surface area contributed by atoms with E-state index in [1.54, 1.807) is 12.3 Å². The Morgan fingerprint density at radius 1 is 1.32 bits per heavy atom. The molecule has 1 unspecified atom stereocenters. The molecule has 22 heavy (non-hydrogen) atoms. The van der Waals surface area contributed by atoms with Crippen LogP contribution in [0.3, 0.4) is 0 Å². The lowest BCUT2D eigenvalue weighted by atomic mass is 9.98. The van der Waals surface area contributed by atoms with Gasteiger partial charge in [0.1, 0.15) is 5.75 Å². The van der Waals surface area contributed by atoms with Gasteiger partial charge in [-0.3, -0.25) is 9.78 Å². The zero-order valence-electron chi connectivity index (χ0n) is 13.3. The molecule has 1 amide bonds. The van der Waals surface area contributed by atoms with Crippen molar-refractivity contribution >= 4 is 11.6 Å². The molecule has 1 aromatic heterocycles. The number of carbonyl (C=O) groups excluding carboxylic acids is 1. The molecular formula is C18H22N2O2. The SMILES string of the molecule is CCC(C)c1ccccc1OCC(=O)Nc1ccnc(C)c1. The minimum Gasteiger partial charge on any atom is -0.483 e. The van der Waals surface area contributed by atoms with E-state index in [9.17, 15) is 4.79 Å². The largest absolute Gasteiger partial charge is 0.483 e. The second-order valence-corrected chi connectivity index (χ2v) is 5.37. The van der Waals surface area contributed by atoms with Crippen molar-refractivity contribution in [2.75, 3.05) is 11.9 Å². The molecule has 1 N–H and O–H groups in total. The van der Waals surface area contributed by atoms with Gasteiger partial charge in [0.2, 0.25) is 0 Å². The number of aryl methyl sites for hydroxylation is 1. The Labute approximate surface area is 131 Å². The fourth-order valence-electron chi connectivity index (χ4n) is 2.20. The molecule has 0 radical (unpaired) electrons. The minimum atomic E-state index is -0.176. The number of nitrogens with one attached hydrogen (secondary N) is 1. The van der Waals surface area contributed by atoms with Gasteiger partial charge in [0.15, 0.2) is 6.61 Å². The smallest absolute Gasteiger partial charge is 0.262 e. The Balaban J connectivity index is 1.97. The summed E-state index contributed by atoms with van der Waals surface area (Å²) >= 11 is 0. The molecular weight excluding hydrogens is 276 g/mol. The first-order valence-electron chi connectivity index (χ1n) is 7.54. The fraction of sp³-hybridized carbons (Fsp3) is 0.333. The van der Waals surface area contributed by atoms with Crippen molar-refractivity contribution in [1.82, 2.24) is 4.98 Å². The van der Waals surface area contributed by atoms with Crippen molar-refractivity contribution in [2.24, 2.45) is 0 Å². The summed E-state index contributed by atoms with van der Waals surface area (Å²) in [5.74, 6) is 1.00. The molecule has 0 saturated heterocycles. The standard InChI is InChI=1S/C18H22N2O2/c1-4-13(2)16-7-5-6-8-17(16)22-12-18(21)20-15-9-10-19-14(3)11-15/h5-11,13H,4,12H2,1-3H3,(H,19,20,21). The summed E-state index contributed by atoms with van der Waals surface area (Å²) in [4.78, 5) is 16.1. The van der Waals surface area contributed by atoms with Crippen LogP contribution in [0.4, 0.5) is 5.69 Å². The summed E-state index contributed by atoms with van der Waals surface area (Å²) in [5.41, 5.74) is 2.73. The average molecular weight is 298 g/mol. The lowest BCUT2D eigenvalue weighted by Gasteiger charge is -2.15. The zero-order chi connectivity index (χ0) is 15.9. The van der Waals surface area contributed by atoms with Crippen LogP contribution in [-0.4, -0.2) is 17.5 Å². The van der Waals surface area contributed by atoms with E-state index in [1.165, 1.54) is 0 Å². The topological polar surface area (TPSA) is 51.2 Å². The number of carbonyl (C=O) groups is 1. The first-order valence-corrected chi connectivity index (χ1v) is 7.54. The highest BCUT2D eigenvalue weighted by molar-refractivity contribution is 5.91. The van der Waals surface area contributed by atoms with E-state index in [1.807, 2.05) is 37.3 Å². The molecule has 0 aliphatic heterocycles. The number of anilines is 1. The quantitative estimate of drug-likeness (QED) is 0.879. The number of rotatable bonds is 6. The molecule has 0 saturated carbocycles. The van der Waals surface area contributed by atoms with E-state index in [0.717, 1.165) is 29.1 Å². The number of ether oxygens (including phenoxy) is 1. The Kier molecular flexibility index (Phi) is 5.53. The highest BCUT2D eigenvalue weighted by atomic mass is 16.5. The summed E-state index contributed by atoms with van der Waals surface area (Å²) in [6, 6.07) is 11.5. The van der Waals surface area contributed by atoms with Crippen LogP contribution >= 0.6 is 0 Å². The molecule has 0 fully saturated rings. The van der Waals surface area contributed by atoms with Crippen LogP contribution in [0.5, 0.6) is 5.75 Å². The van der Waals surface area contributed by atoms with Crippen LogP contribution in [-0.2, 0) is 4.79 Å². The van der Waals surface area contributed by atoms with E-state index < -0.39 is 0 Å². The molecule has 2 aromatic rings. The fourth-order valence-corrected chi connectivity index (χ4v) is 2.20. The van der Waals surface area contributed by atoms with Gasteiger partial charge in [-0.1, -0.05) is 32.0 Å². The highest BCUT2D eigenvalue weighted by Gasteiger charge is 2.11. The monoisotopic (exact) mass is 298 g/mol. The van der Waals surface area contributed by atoms with Crippen LogP contribution in [0.15, 0.2) is 42.6 Å². The van der Waals surface area contributed by atoms with Gasteiger partial charge in [-0.05, 0) is 43.0 Å². The van der Waals surface area contributed by atoms with Gasteiger partial charge in [-0.2, -0.15) is 0 Å². The molecule has 1 atom stereocenters. The van der Waals surface area contributed by atoms with Crippen LogP contribution in [0.25, 0.3) is 0 Å². The third kappa shape index (κ3) is 4.32. The average Bonchev–Trinajstić information content (AvgIpc) is 2.52. The maximum absolute atomic E-state index is 12.0. The number of amides is 1. The summed E-state index contributed by atoms with van der Waals surface area (Å²) in [6.45, 7) is 6.17. The summed E-state index contributed by atoms with van der Waals surface area (Å²) in [5, 5.41) is 2.81. The van der Waals surface area contributed by atoms with E-state index in [0.29, 0.717) is 5.92 Å². The summed E-state index contributed by atoms with van der Waals surface area (Å²) < 4.78 is 5.70. The second kappa shape index (κ2) is 7.59. The normalized spacial score (nSPS) is 11.8. The lowest BCUT2D eigenvalue weighted by Crippen LogP contribution is -2.20. The molecule has 1 heterocycles. The van der Waals surface area contributed by atoms with E-state index in [2.05, 4.69) is 24.1 Å². The molecule has 116 valence electrons. The Morgan fingerprint density at radius 3 is 2.82 bits per heavy atom. The van der Waals surface area contributed by atoms with Crippen molar-refractivity contribution in [3.63, 3.8) is 0 Å². The minimum absolute atomic E-state index is 0.00514. The van der Waals surface area contributed by atoms with Gasteiger partial charge in [0.05, 0.1) is 0 Å². The van der Waals surface area contributed by atoms with Gasteiger partial charge in [-0.15, -0.1) is 0 Å². The van der Waals surface area contributed by atoms with Gasteiger partial charge in [0.25, 0.3) is 5.91 Å². The molecule has 1 aromatic carbocycles. The van der Waals surface area contributed by atoms with Crippen molar-refractivity contribution < 1.29 is 9.53 Å². The first-order chi connectivity index (χ1) is 10.6. The third-order valence-electron chi connectivity index (χ3n) is 3.60. The number of hydrogen-bond acceptors (Lipinski definition) is 3. The molecule has 0 bridgehead atoms. The number of hydrogen-bond donors (Lipinski definition) is 1. The third-order valence-corrected chi connectivity index (χ3v) is 3.60. The number of nitrogens with zero attached hydrogens (tertiary/aromatic N) is 1. The second-order valence-electron chi connectivity index (χ2n) is 5.37. The van der Waals surface area contributed by atoms with Crippen molar-refractivity contribution in [3.8, 4) is 5.75 Å². The van der Waals surface area contributed by atoms with Gasteiger partial charge in [-0.25, -0.2) is 0 Å². The van der Waals surface area contributed by atoms with E-state index in [4.69, 9.17) is 4.74 Å². The predicted molar refractivity (Wildman–Crippen MR) is 88.2 cm³/mol. The summed E-state index contributed by atoms with van der Waals surface area (Å²) in [6.07, 6.45) is 2.70. The van der Waals surface area contributed by atoms with Gasteiger partial charge < -0.3 is 10.1 Å². The van der Waals surface area contributed by atoms with Crippen molar-refractivity contribution in [2.45, 2.75) is 33.1 Å². The van der Waals surface area contributed by atoms with Crippen LogP contribution < -0.4 is 10.1 Å². The Bertz CT molecular complexity index is 640. The predicted octanol–water partition coefficient (Wildman–Crippen LogP) is 3.92. The molecule has 4 heteroatoms. The molecule has 2 rings (SSSR count). The van der Waals surface area contributed by atoms with E-state index in [-0.39, 0.29) is 12.5 Å². The molecule has 0 spiro atoms. The number of aromatic nitrogens is 1. The van der Waals surface area contributed by atoms with Crippen molar-refractivity contribution in [1.29, 1.82) is 0 Å². The maximum atomic E-state index is 12.0. The van der Waals surface area contributed by atoms with Crippen LogP contribution in [0.1, 0.15) is 37.4 Å². The lowest BCUT2D eigenvalue weighted by molar-refractivity contribution is -0.118. The van der Waals surface area contributed by atoms with Gasteiger partial charge in [0, 0.05) is 17.6 Å². The maximum Gasteiger partial charge on any atom is 0.262 e. The highest BCUT2D eigenvalue weighted by Crippen LogP contribution is 2.28. The van der Waals surface area contributed by atoms with Gasteiger partial charge >= 0.3 is 0 Å². The zero-order valence-corrected chi connectivity index (χ0v) is 13.3. The number of para-hydroxylation sites is 1. The van der Waals surface area contributed by atoms with E-state index >= 15 is 0 Å². The molecule has 0 aliphatic carbocycles. The van der Waals surface area contributed by atoms with Crippen molar-refractivity contribution in [3.05, 3.63) is 53.9 Å². The summed E-state index contributed by atoms with van der Waals surface area (Å²) in [7, 11) is 0.